The average Bonchev–Trinajstić information content (AvgIpc) is 2.78. The Balaban J connectivity index is 1.74. The summed E-state index contributed by atoms with van der Waals surface area (Å²) in [6, 6.07) is 12.8. The molecule has 0 saturated carbocycles. The molecule has 174 valence electrons. The van der Waals surface area contributed by atoms with Gasteiger partial charge in [0.1, 0.15) is 25.2 Å². The fourth-order valence-corrected chi connectivity index (χ4v) is 3.70. The maximum absolute atomic E-state index is 6.09. The molecule has 0 aromatic heterocycles. The first kappa shape index (κ1) is 25.5. The van der Waals surface area contributed by atoms with Crippen LogP contribution in [0, 0.1) is 13.8 Å². The molecule has 0 amide bonds. The van der Waals surface area contributed by atoms with E-state index in [1.807, 2.05) is 19.1 Å². The Morgan fingerprint density at radius 1 is 0.969 bits per heavy atom. The van der Waals surface area contributed by atoms with Crippen LogP contribution in [0.2, 0.25) is 0 Å². The van der Waals surface area contributed by atoms with Crippen LogP contribution >= 0.6 is 0 Å². The first-order valence-electron chi connectivity index (χ1n) is 11.8. The van der Waals surface area contributed by atoms with E-state index in [-0.39, 0.29) is 0 Å². The molecular weight excluding hydrogens is 398 g/mol. The van der Waals surface area contributed by atoms with E-state index >= 15 is 0 Å². The molecule has 0 aliphatic carbocycles. The van der Waals surface area contributed by atoms with Crippen LogP contribution in [-0.4, -0.2) is 26.0 Å². The van der Waals surface area contributed by atoms with Gasteiger partial charge < -0.3 is 14.3 Å². The summed E-state index contributed by atoms with van der Waals surface area (Å²) in [5.41, 5.74) is 5.78. The molecule has 0 radical (unpaired) electrons. The Bertz CT molecular complexity index is 846. The minimum Gasteiger partial charge on any atom is -0.493 e. The molecule has 32 heavy (non-hydrogen) atoms. The normalized spacial score (nSPS) is 11.7. The van der Waals surface area contributed by atoms with Crippen molar-refractivity contribution in [1.82, 2.24) is 0 Å². The number of rotatable bonds is 14. The number of hydrogen-bond donors (Lipinski definition) is 0. The maximum Gasteiger partial charge on any atom is 0.125 e. The van der Waals surface area contributed by atoms with Crippen LogP contribution in [0.3, 0.4) is 0 Å². The predicted molar refractivity (Wildman–Crippen MR) is 134 cm³/mol. The Labute approximate surface area is 194 Å². The van der Waals surface area contributed by atoms with Crippen molar-refractivity contribution in [1.29, 1.82) is 0 Å². The second-order valence-corrected chi connectivity index (χ2v) is 8.09. The van der Waals surface area contributed by atoms with Crippen LogP contribution in [0.1, 0.15) is 68.2 Å². The third kappa shape index (κ3) is 8.41. The fraction of sp³-hybridized carbons (Fsp3) is 0.464. The molecule has 0 fully saturated rings. The lowest BCUT2D eigenvalue weighted by atomic mass is 10.0. The van der Waals surface area contributed by atoms with Gasteiger partial charge in [0, 0.05) is 0 Å². The molecule has 0 bridgehead atoms. The number of nitrogens with zero attached hydrogens (tertiary/aromatic N) is 1. The smallest absolute Gasteiger partial charge is 0.125 e. The van der Waals surface area contributed by atoms with Crippen molar-refractivity contribution < 1.29 is 14.3 Å². The number of unbranched alkanes of at least 4 members (excludes halogenated alkanes) is 2. The van der Waals surface area contributed by atoms with Gasteiger partial charge in [-0.15, -0.1) is 0 Å². The second-order valence-electron chi connectivity index (χ2n) is 8.09. The summed E-state index contributed by atoms with van der Waals surface area (Å²) in [5.74, 6) is 1.88. The van der Waals surface area contributed by atoms with E-state index in [1.165, 1.54) is 5.56 Å². The van der Waals surface area contributed by atoms with E-state index in [9.17, 15) is 0 Å². The number of oxime groups is 1. The zero-order valence-corrected chi connectivity index (χ0v) is 20.4. The molecule has 2 aromatic carbocycles. The molecule has 0 heterocycles. The van der Waals surface area contributed by atoms with Gasteiger partial charge in [-0.3, -0.25) is 0 Å². The molecule has 0 spiro atoms. The molecule has 4 nitrogen and oxygen atoms in total. The highest BCUT2D eigenvalue weighted by Gasteiger charge is 2.08. The first-order valence-corrected chi connectivity index (χ1v) is 11.8. The van der Waals surface area contributed by atoms with E-state index in [1.54, 1.807) is 7.11 Å². The van der Waals surface area contributed by atoms with Crippen molar-refractivity contribution >= 4 is 5.71 Å². The molecule has 2 aromatic rings. The highest BCUT2D eigenvalue weighted by molar-refractivity contribution is 6.00. The summed E-state index contributed by atoms with van der Waals surface area (Å²) in [5, 5.41) is 4.16. The van der Waals surface area contributed by atoms with Crippen LogP contribution in [0.5, 0.6) is 11.5 Å². The lowest BCUT2D eigenvalue weighted by Gasteiger charge is -2.14. The van der Waals surface area contributed by atoms with E-state index < -0.39 is 0 Å². The molecule has 2 rings (SSSR count). The third-order valence-electron chi connectivity index (χ3n) is 5.35. The number of ether oxygens (including phenoxy) is 2. The van der Waals surface area contributed by atoms with Gasteiger partial charge in [-0.2, -0.15) is 0 Å². The minimum absolute atomic E-state index is 0.596. The van der Waals surface area contributed by atoms with Gasteiger partial charge in [0.25, 0.3) is 0 Å². The van der Waals surface area contributed by atoms with Gasteiger partial charge in [0.15, 0.2) is 0 Å². The standard InChI is InChI=1S/C28H39NO3/c1-6-8-18-31-26-20-22(3)28(23(4)21-26)32-19-11-9-10-13-24-14-16-25(17-15-24)27(12-7-2)29-30-5/h6,8,14-17,20-21H,7,9-13,18-19H2,1-5H3/b8-6+,29-27?. The number of allylic oxidation sites excluding steroid dienone is 1. The Hall–Kier alpha value is -2.75. The fourth-order valence-electron chi connectivity index (χ4n) is 3.70. The number of hydrogen-bond acceptors (Lipinski definition) is 4. The minimum atomic E-state index is 0.596. The van der Waals surface area contributed by atoms with Crippen molar-refractivity contribution in [3.63, 3.8) is 0 Å². The van der Waals surface area contributed by atoms with Gasteiger partial charge in [0.05, 0.1) is 12.3 Å². The van der Waals surface area contributed by atoms with Gasteiger partial charge in [-0.05, 0) is 87.3 Å². The molecule has 4 heteroatoms. The highest BCUT2D eigenvalue weighted by atomic mass is 16.6. The summed E-state index contributed by atoms with van der Waals surface area (Å²) in [6.45, 7) is 9.65. The number of aryl methyl sites for hydroxylation is 3. The van der Waals surface area contributed by atoms with E-state index in [4.69, 9.17) is 14.3 Å². The molecule has 0 aliphatic heterocycles. The Morgan fingerprint density at radius 3 is 2.31 bits per heavy atom. The summed E-state index contributed by atoms with van der Waals surface area (Å²) in [6.07, 6.45) is 10.4. The lowest BCUT2D eigenvalue weighted by molar-refractivity contribution is 0.213. The van der Waals surface area contributed by atoms with Crippen molar-refractivity contribution in [2.45, 2.75) is 66.2 Å². The van der Waals surface area contributed by atoms with Gasteiger partial charge in [-0.1, -0.05) is 54.9 Å². The quantitative estimate of drug-likeness (QED) is 0.136. The third-order valence-corrected chi connectivity index (χ3v) is 5.35. The van der Waals surface area contributed by atoms with Crippen molar-refractivity contribution in [2.75, 3.05) is 20.3 Å². The summed E-state index contributed by atoms with van der Waals surface area (Å²) < 4.78 is 11.8. The largest absolute Gasteiger partial charge is 0.493 e. The monoisotopic (exact) mass is 437 g/mol. The summed E-state index contributed by atoms with van der Waals surface area (Å²) in [7, 11) is 1.60. The topological polar surface area (TPSA) is 40.0 Å². The molecule has 0 saturated heterocycles. The van der Waals surface area contributed by atoms with Crippen LogP contribution in [-0.2, 0) is 11.3 Å². The molecule has 0 unspecified atom stereocenters. The van der Waals surface area contributed by atoms with Gasteiger partial charge >= 0.3 is 0 Å². The van der Waals surface area contributed by atoms with Crippen molar-refractivity contribution in [2.24, 2.45) is 5.16 Å². The van der Waals surface area contributed by atoms with E-state index in [0.29, 0.717) is 6.61 Å². The number of benzene rings is 2. The molecule has 0 aliphatic rings. The summed E-state index contributed by atoms with van der Waals surface area (Å²) >= 11 is 0. The highest BCUT2D eigenvalue weighted by Crippen LogP contribution is 2.28. The van der Waals surface area contributed by atoms with Crippen LogP contribution in [0.25, 0.3) is 0 Å². The Morgan fingerprint density at radius 2 is 1.69 bits per heavy atom. The van der Waals surface area contributed by atoms with Crippen molar-refractivity contribution in [3.8, 4) is 11.5 Å². The van der Waals surface area contributed by atoms with Crippen LogP contribution in [0.15, 0.2) is 53.7 Å². The maximum atomic E-state index is 6.09. The summed E-state index contributed by atoms with van der Waals surface area (Å²) in [4.78, 5) is 4.98. The van der Waals surface area contributed by atoms with Crippen LogP contribution < -0.4 is 9.47 Å². The molecular formula is C28H39NO3. The SMILES string of the molecule is C/C=C/COc1cc(C)c(OCCCCCc2ccc(C(CCC)=NOC)cc2)c(C)c1. The van der Waals surface area contributed by atoms with Crippen molar-refractivity contribution in [3.05, 3.63) is 70.8 Å². The zero-order chi connectivity index (χ0) is 23.2. The zero-order valence-electron chi connectivity index (χ0n) is 20.4. The van der Waals surface area contributed by atoms with Gasteiger partial charge in [-0.25, -0.2) is 0 Å². The van der Waals surface area contributed by atoms with Crippen LogP contribution in [0.4, 0.5) is 0 Å². The van der Waals surface area contributed by atoms with Gasteiger partial charge in [0.2, 0.25) is 0 Å². The predicted octanol–water partition coefficient (Wildman–Crippen LogP) is 7.20. The first-order chi connectivity index (χ1) is 15.6. The lowest BCUT2D eigenvalue weighted by Crippen LogP contribution is -2.03. The Kier molecular flexibility index (Phi) is 11.4. The average molecular weight is 438 g/mol. The van der Waals surface area contributed by atoms with E-state index in [2.05, 4.69) is 62.3 Å². The molecule has 0 atom stereocenters. The second kappa shape index (κ2) is 14.3. The molecule has 0 N–H and O–H groups in total. The van der Waals surface area contributed by atoms with E-state index in [0.717, 1.165) is 79.0 Å².